The summed E-state index contributed by atoms with van der Waals surface area (Å²) in [6.45, 7) is 2.27. The Kier molecular flexibility index (Phi) is 6.72. The third kappa shape index (κ3) is 4.66. The monoisotopic (exact) mass is 360 g/mol. The molecule has 0 spiro atoms. The minimum Gasteiger partial charge on any atom is -0.478 e. The first-order chi connectivity index (χ1) is 12.6. The zero-order valence-corrected chi connectivity index (χ0v) is 16.1. The average Bonchev–Trinajstić information content (AvgIpc) is 2.64. The molecule has 0 bridgehead atoms. The predicted octanol–water partition coefficient (Wildman–Crippen LogP) is 6.79. The van der Waals surface area contributed by atoms with Crippen LogP contribution in [0.2, 0.25) is 0 Å². The summed E-state index contributed by atoms with van der Waals surface area (Å²) in [7, 11) is 0. The van der Waals surface area contributed by atoms with Crippen LogP contribution in [0, 0.1) is 23.6 Å². The van der Waals surface area contributed by atoms with Gasteiger partial charge in [0.1, 0.15) is 5.82 Å². The van der Waals surface area contributed by atoms with Gasteiger partial charge in [-0.15, -0.1) is 0 Å². The van der Waals surface area contributed by atoms with Crippen LogP contribution in [-0.2, 0) is 0 Å². The number of benzene rings is 1. The molecule has 144 valence electrons. The van der Waals surface area contributed by atoms with Crippen molar-refractivity contribution < 1.29 is 14.3 Å². The normalized spacial score (nSPS) is 28.5. The summed E-state index contributed by atoms with van der Waals surface area (Å²) in [6, 6.07) is 4.46. The van der Waals surface area contributed by atoms with Gasteiger partial charge in [0.15, 0.2) is 0 Å². The second-order valence-corrected chi connectivity index (χ2v) is 8.60. The van der Waals surface area contributed by atoms with Gasteiger partial charge >= 0.3 is 5.97 Å². The Morgan fingerprint density at radius 3 is 2.58 bits per heavy atom. The maximum atomic E-state index is 14.4. The number of hydrogen-bond acceptors (Lipinski definition) is 1. The summed E-state index contributed by atoms with van der Waals surface area (Å²) in [5.41, 5.74) is 0.777. The molecule has 4 atom stereocenters. The number of fused-ring (bicyclic) bond motifs is 1. The Balaban J connectivity index is 1.54. The van der Waals surface area contributed by atoms with Crippen LogP contribution in [-0.4, -0.2) is 11.1 Å². The van der Waals surface area contributed by atoms with E-state index in [9.17, 15) is 9.18 Å². The van der Waals surface area contributed by atoms with E-state index in [-0.39, 0.29) is 17.3 Å². The Morgan fingerprint density at radius 1 is 1.08 bits per heavy atom. The maximum Gasteiger partial charge on any atom is 0.335 e. The van der Waals surface area contributed by atoms with Crippen LogP contribution >= 0.6 is 0 Å². The van der Waals surface area contributed by atoms with E-state index in [1.165, 1.54) is 63.9 Å². The average molecular weight is 361 g/mol. The van der Waals surface area contributed by atoms with Crippen molar-refractivity contribution in [2.75, 3.05) is 0 Å². The zero-order valence-electron chi connectivity index (χ0n) is 16.1. The van der Waals surface area contributed by atoms with E-state index >= 15 is 0 Å². The molecule has 2 fully saturated rings. The third-order valence-electron chi connectivity index (χ3n) is 6.87. The van der Waals surface area contributed by atoms with Gasteiger partial charge in [0.05, 0.1) is 5.56 Å². The first-order valence-electron chi connectivity index (χ1n) is 10.6. The van der Waals surface area contributed by atoms with Crippen molar-refractivity contribution in [2.45, 2.75) is 83.5 Å². The molecule has 3 heteroatoms. The number of unbranched alkanes of at least 4 members (excludes halogenated alkanes) is 3. The van der Waals surface area contributed by atoms with Crippen molar-refractivity contribution in [1.82, 2.24) is 0 Å². The van der Waals surface area contributed by atoms with Crippen molar-refractivity contribution in [1.29, 1.82) is 0 Å². The highest BCUT2D eigenvalue weighted by Gasteiger charge is 2.36. The molecule has 1 aromatic carbocycles. The van der Waals surface area contributed by atoms with Gasteiger partial charge in [0.2, 0.25) is 0 Å². The molecule has 2 aliphatic carbocycles. The van der Waals surface area contributed by atoms with E-state index in [1.54, 1.807) is 12.1 Å². The number of carboxylic acids is 1. The summed E-state index contributed by atoms with van der Waals surface area (Å²) >= 11 is 0. The van der Waals surface area contributed by atoms with Crippen molar-refractivity contribution in [3.05, 3.63) is 35.1 Å². The highest BCUT2D eigenvalue weighted by atomic mass is 19.1. The number of hydrogen-bond donors (Lipinski definition) is 1. The fraction of sp³-hybridized carbons (Fsp3) is 0.696. The number of carbonyl (C=O) groups is 1. The fourth-order valence-electron chi connectivity index (χ4n) is 5.38. The lowest BCUT2D eigenvalue weighted by molar-refractivity contribution is 0.0696. The second kappa shape index (κ2) is 9.01. The van der Waals surface area contributed by atoms with Gasteiger partial charge in [-0.25, -0.2) is 9.18 Å². The van der Waals surface area contributed by atoms with Crippen LogP contribution in [0.15, 0.2) is 18.2 Å². The van der Waals surface area contributed by atoms with Crippen molar-refractivity contribution in [2.24, 2.45) is 17.8 Å². The molecule has 0 heterocycles. The van der Waals surface area contributed by atoms with Gasteiger partial charge in [-0.3, -0.25) is 0 Å². The SMILES string of the molecule is CCCCCC[C@H]1CC[C@@H]2CC(c3ccc(C(=O)O)cc3F)CC[C@H]2C1. The number of aromatic carboxylic acids is 1. The van der Waals surface area contributed by atoms with Gasteiger partial charge in [-0.05, 0) is 73.5 Å². The molecule has 1 N–H and O–H groups in total. The van der Waals surface area contributed by atoms with Crippen molar-refractivity contribution in [3.8, 4) is 0 Å². The van der Waals surface area contributed by atoms with E-state index in [0.717, 1.165) is 36.2 Å². The van der Waals surface area contributed by atoms with Crippen molar-refractivity contribution in [3.63, 3.8) is 0 Å². The molecule has 0 radical (unpaired) electrons. The molecule has 0 aliphatic heterocycles. The fourth-order valence-corrected chi connectivity index (χ4v) is 5.38. The van der Waals surface area contributed by atoms with Crippen LogP contribution in [0.4, 0.5) is 4.39 Å². The molecule has 1 aromatic rings. The van der Waals surface area contributed by atoms with Gasteiger partial charge in [-0.1, -0.05) is 51.5 Å². The molecule has 1 unspecified atom stereocenters. The van der Waals surface area contributed by atoms with Crippen LogP contribution < -0.4 is 0 Å². The molecular weight excluding hydrogens is 327 g/mol. The number of rotatable bonds is 7. The van der Waals surface area contributed by atoms with Crippen LogP contribution in [0.3, 0.4) is 0 Å². The van der Waals surface area contributed by atoms with Gasteiger partial charge in [-0.2, -0.15) is 0 Å². The number of carboxylic acid groups (broad SMARTS) is 1. The summed E-state index contributed by atoms with van der Waals surface area (Å²) in [5, 5.41) is 9.01. The van der Waals surface area contributed by atoms with Gasteiger partial charge in [0, 0.05) is 0 Å². The Morgan fingerprint density at radius 2 is 1.85 bits per heavy atom. The lowest BCUT2D eigenvalue weighted by Gasteiger charge is -2.42. The van der Waals surface area contributed by atoms with E-state index < -0.39 is 5.97 Å². The van der Waals surface area contributed by atoms with Gasteiger partial charge < -0.3 is 5.11 Å². The zero-order chi connectivity index (χ0) is 18.5. The maximum absolute atomic E-state index is 14.4. The Labute approximate surface area is 157 Å². The summed E-state index contributed by atoms with van der Waals surface area (Å²) in [5.74, 6) is 1.35. The smallest absolute Gasteiger partial charge is 0.335 e. The summed E-state index contributed by atoms with van der Waals surface area (Å²) < 4.78 is 14.4. The van der Waals surface area contributed by atoms with Crippen molar-refractivity contribution >= 4 is 5.97 Å². The van der Waals surface area contributed by atoms with E-state index in [2.05, 4.69) is 6.92 Å². The molecule has 2 aliphatic rings. The minimum absolute atomic E-state index is 0.0449. The summed E-state index contributed by atoms with van der Waals surface area (Å²) in [6.07, 6.45) is 14.2. The van der Waals surface area contributed by atoms with Crippen LogP contribution in [0.5, 0.6) is 0 Å². The Bertz CT molecular complexity index is 612. The van der Waals surface area contributed by atoms with E-state index in [4.69, 9.17) is 5.11 Å². The van der Waals surface area contributed by atoms with Crippen LogP contribution in [0.25, 0.3) is 0 Å². The molecule has 0 amide bonds. The molecule has 26 heavy (non-hydrogen) atoms. The van der Waals surface area contributed by atoms with Crippen LogP contribution in [0.1, 0.15) is 99.4 Å². The molecule has 0 saturated heterocycles. The highest BCUT2D eigenvalue weighted by Crippen LogP contribution is 2.48. The number of halogens is 1. The van der Waals surface area contributed by atoms with Gasteiger partial charge in [0.25, 0.3) is 0 Å². The predicted molar refractivity (Wildman–Crippen MR) is 103 cm³/mol. The third-order valence-corrected chi connectivity index (χ3v) is 6.87. The standard InChI is InChI=1S/C23H33FO2/c1-2-3-4-5-6-16-7-8-18-14-19(10-9-17(18)13-16)21-12-11-20(23(25)26)15-22(21)24/h11-12,15-19H,2-10,13-14H2,1H3,(H,25,26)/t16-,17-,18+,19?/m0/s1. The quantitative estimate of drug-likeness (QED) is 0.543. The first-order valence-corrected chi connectivity index (χ1v) is 10.6. The molecule has 2 nitrogen and oxygen atoms in total. The topological polar surface area (TPSA) is 37.3 Å². The molecule has 3 rings (SSSR count). The largest absolute Gasteiger partial charge is 0.478 e. The Hall–Kier alpha value is -1.38. The van der Waals surface area contributed by atoms with E-state index in [0.29, 0.717) is 0 Å². The minimum atomic E-state index is -1.06. The first kappa shape index (κ1) is 19.4. The second-order valence-electron chi connectivity index (χ2n) is 8.60. The lowest BCUT2D eigenvalue weighted by Crippen LogP contribution is -2.30. The molecule has 0 aromatic heterocycles. The summed E-state index contributed by atoms with van der Waals surface area (Å²) in [4.78, 5) is 11.0. The van der Waals surface area contributed by atoms with E-state index in [1.807, 2.05) is 0 Å². The lowest BCUT2D eigenvalue weighted by atomic mass is 9.63. The molecular formula is C23H33FO2. The molecule has 2 saturated carbocycles. The highest BCUT2D eigenvalue weighted by molar-refractivity contribution is 5.87.